The van der Waals surface area contributed by atoms with E-state index in [-0.39, 0.29) is 12.2 Å². The van der Waals surface area contributed by atoms with Crippen LogP contribution in [0.15, 0.2) is 42.5 Å². The van der Waals surface area contributed by atoms with E-state index in [0.29, 0.717) is 5.56 Å². The number of nitrogens with zero attached hydrogens (tertiary/aromatic N) is 1. The Morgan fingerprint density at radius 1 is 1.14 bits per heavy atom. The van der Waals surface area contributed by atoms with Gasteiger partial charge in [-0.2, -0.15) is 13.2 Å². The molecule has 0 aromatic heterocycles. The fraction of sp³-hybridized carbons (Fsp3) is 0.316. The highest BCUT2D eigenvalue weighted by Gasteiger charge is 2.46. The van der Waals surface area contributed by atoms with Gasteiger partial charge in [-0.3, -0.25) is 4.79 Å². The van der Waals surface area contributed by atoms with Crippen molar-refractivity contribution in [3.05, 3.63) is 65.2 Å². The largest absolute Gasteiger partial charge is 0.416 e. The van der Waals surface area contributed by atoms with Gasteiger partial charge in [0.25, 0.3) is 0 Å². The van der Waals surface area contributed by atoms with Crippen molar-refractivity contribution in [2.75, 3.05) is 17.7 Å². The van der Waals surface area contributed by atoms with Gasteiger partial charge in [-0.05, 0) is 36.1 Å². The lowest BCUT2D eigenvalue weighted by molar-refractivity contribution is -0.137. The normalized spacial score (nSPS) is 22.5. The van der Waals surface area contributed by atoms with Crippen LogP contribution in [0, 0.1) is 17.6 Å². The Bertz CT molecular complexity index is 872. The van der Waals surface area contributed by atoms with Gasteiger partial charge in [0, 0.05) is 12.5 Å². The van der Waals surface area contributed by atoms with E-state index in [0.717, 1.165) is 18.2 Å². The molecule has 3 nitrogen and oxygen atoms in total. The number of hydrogen-bond donors (Lipinski definition) is 1. The maximum absolute atomic E-state index is 14.3. The second-order valence-corrected chi connectivity index (χ2v) is 7.46. The van der Waals surface area contributed by atoms with Crippen LogP contribution in [0.1, 0.15) is 17.0 Å². The molecule has 2 aromatic carbocycles. The van der Waals surface area contributed by atoms with E-state index in [2.05, 4.69) is 0 Å². The molecular weight excluding hydrogens is 399 g/mol. The van der Waals surface area contributed by atoms with Crippen molar-refractivity contribution in [3.8, 4) is 0 Å². The Morgan fingerprint density at radius 2 is 1.79 bits per heavy atom. The summed E-state index contributed by atoms with van der Waals surface area (Å²) in [4.78, 5) is 13.7. The Kier molecular flexibility index (Phi) is 5.56. The number of carbonyl (C=O) groups is 1. The molecule has 3 atom stereocenters. The fourth-order valence-corrected chi connectivity index (χ4v) is 4.69. The van der Waals surface area contributed by atoms with Crippen molar-refractivity contribution in [1.82, 2.24) is 0 Å². The van der Waals surface area contributed by atoms with Gasteiger partial charge >= 0.3 is 6.18 Å². The first-order chi connectivity index (χ1) is 13.1. The topological polar surface area (TPSA) is 46.3 Å². The second kappa shape index (κ2) is 7.62. The number of alkyl halides is 3. The molecule has 0 bridgehead atoms. The van der Waals surface area contributed by atoms with Crippen LogP contribution in [0.25, 0.3) is 0 Å². The van der Waals surface area contributed by atoms with Gasteiger partial charge in [-0.1, -0.05) is 18.2 Å². The average molecular weight is 416 g/mol. The summed E-state index contributed by atoms with van der Waals surface area (Å²) < 4.78 is 66.5. The number of hydrogen-bond acceptors (Lipinski definition) is 3. The lowest BCUT2D eigenvalue weighted by Gasteiger charge is -2.27. The zero-order chi connectivity index (χ0) is 20.6. The molecule has 2 N–H and O–H groups in total. The number of benzene rings is 2. The van der Waals surface area contributed by atoms with Crippen molar-refractivity contribution >= 4 is 23.4 Å². The highest BCUT2D eigenvalue weighted by molar-refractivity contribution is 7.99. The van der Waals surface area contributed by atoms with Crippen LogP contribution in [-0.2, 0) is 11.0 Å². The maximum Gasteiger partial charge on any atom is 0.416 e. The predicted molar refractivity (Wildman–Crippen MR) is 97.9 cm³/mol. The number of nitrogens with two attached hydrogens (primary N) is 1. The van der Waals surface area contributed by atoms with Crippen molar-refractivity contribution in [1.29, 1.82) is 0 Å². The lowest BCUT2D eigenvalue weighted by atomic mass is 9.88. The highest BCUT2D eigenvalue weighted by Crippen LogP contribution is 2.44. The molecule has 0 radical (unpaired) electrons. The molecule has 28 heavy (non-hydrogen) atoms. The van der Waals surface area contributed by atoms with E-state index in [1.807, 2.05) is 0 Å². The van der Waals surface area contributed by atoms with Gasteiger partial charge in [0.1, 0.15) is 0 Å². The minimum atomic E-state index is -4.48. The number of thioether (sulfide) groups is 1. The van der Waals surface area contributed by atoms with Crippen molar-refractivity contribution < 1.29 is 26.7 Å². The smallest absolute Gasteiger partial charge is 0.369 e. The summed E-state index contributed by atoms with van der Waals surface area (Å²) >= 11 is 1.25. The minimum absolute atomic E-state index is 0.0139. The summed E-state index contributed by atoms with van der Waals surface area (Å²) in [6.07, 6.45) is -2.77. The molecule has 3 unspecified atom stereocenters. The molecule has 1 aliphatic rings. The van der Waals surface area contributed by atoms with Crippen molar-refractivity contribution in [2.24, 2.45) is 11.7 Å². The Morgan fingerprint density at radius 3 is 2.32 bits per heavy atom. The molecular formula is C19H17F5N2OS. The molecule has 0 saturated carbocycles. The lowest BCUT2D eigenvalue weighted by Crippen LogP contribution is -2.37. The maximum atomic E-state index is 14.3. The SMILES string of the molecule is CSC1C(C(N)=O)C(c2ccc(C(F)(F)F)cc2)CN1c1cccc(F)c1F. The summed E-state index contributed by atoms with van der Waals surface area (Å²) in [7, 11) is 0. The summed E-state index contributed by atoms with van der Waals surface area (Å²) in [6.45, 7) is 0.116. The van der Waals surface area contributed by atoms with Crippen LogP contribution in [0.5, 0.6) is 0 Å². The average Bonchev–Trinajstić information content (AvgIpc) is 3.03. The van der Waals surface area contributed by atoms with Gasteiger partial charge < -0.3 is 10.6 Å². The summed E-state index contributed by atoms with van der Waals surface area (Å²) in [5, 5.41) is -0.582. The van der Waals surface area contributed by atoms with Crippen LogP contribution in [-0.4, -0.2) is 24.1 Å². The molecule has 150 valence electrons. The molecule has 0 aliphatic carbocycles. The Balaban J connectivity index is 2.01. The third-order valence-corrected chi connectivity index (χ3v) is 5.95. The molecule has 9 heteroatoms. The molecule has 0 spiro atoms. The summed E-state index contributed by atoms with van der Waals surface area (Å²) in [5.74, 6) is -4.05. The van der Waals surface area contributed by atoms with E-state index in [1.54, 1.807) is 11.2 Å². The number of carbonyl (C=O) groups excluding carboxylic acids is 1. The first-order valence-electron chi connectivity index (χ1n) is 8.35. The monoisotopic (exact) mass is 416 g/mol. The predicted octanol–water partition coefficient (Wildman–Crippen LogP) is 4.38. The van der Waals surface area contributed by atoms with Gasteiger partial charge in [0.05, 0.1) is 22.5 Å². The number of halogens is 5. The van der Waals surface area contributed by atoms with E-state index in [1.165, 1.54) is 36.0 Å². The fourth-order valence-electron chi connectivity index (χ4n) is 3.62. The van der Waals surface area contributed by atoms with Crippen LogP contribution >= 0.6 is 11.8 Å². The van der Waals surface area contributed by atoms with Crippen molar-refractivity contribution in [2.45, 2.75) is 17.5 Å². The molecule has 1 amide bonds. The number of anilines is 1. The third-order valence-electron chi connectivity index (χ3n) is 4.92. The van der Waals surface area contributed by atoms with Gasteiger partial charge in [-0.15, -0.1) is 11.8 Å². The van der Waals surface area contributed by atoms with Crippen LogP contribution in [0.2, 0.25) is 0 Å². The molecule has 1 fully saturated rings. The van der Waals surface area contributed by atoms with Crippen LogP contribution < -0.4 is 10.6 Å². The molecule has 1 saturated heterocycles. The van der Waals surface area contributed by atoms with Gasteiger partial charge in [0.15, 0.2) is 11.6 Å². The summed E-state index contributed by atoms with van der Waals surface area (Å²) in [5.41, 5.74) is 5.23. The molecule has 2 aromatic rings. The molecule has 1 aliphatic heterocycles. The van der Waals surface area contributed by atoms with Gasteiger partial charge in [-0.25, -0.2) is 8.78 Å². The van der Waals surface area contributed by atoms with E-state index < -0.39 is 46.5 Å². The minimum Gasteiger partial charge on any atom is -0.369 e. The zero-order valence-electron chi connectivity index (χ0n) is 14.7. The van der Waals surface area contributed by atoms with E-state index in [4.69, 9.17) is 5.73 Å². The molecule has 3 rings (SSSR count). The zero-order valence-corrected chi connectivity index (χ0v) is 15.5. The van der Waals surface area contributed by atoms with Crippen LogP contribution in [0.3, 0.4) is 0 Å². The Hall–Kier alpha value is -2.29. The number of primary amides is 1. The first-order valence-corrected chi connectivity index (χ1v) is 9.64. The highest BCUT2D eigenvalue weighted by atomic mass is 32.2. The standard InChI is InChI=1S/C19H17F5N2OS/c1-28-18-15(17(25)27)12(10-5-7-11(8-6-10)19(22,23)24)9-26(18)14-4-2-3-13(20)16(14)21/h2-8,12,15,18H,9H2,1H3,(H2,25,27). The summed E-state index contributed by atoms with van der Waals surface area (Å²) in [6, 6.07) is 8.21. The first kappa shape index (κ1) is 20.4. The Labute approximate surface area is 162 Å². The van der Waals surface area contributed by atoms with E-state index in [9.17, 15) is 26.7 Å². The van der Waals surface area contributed by atoms with Crippen molar-refractivity contribution in [3.63, 3.8) is 0 Å². The molecule has 1 heterocycles. The van der Waals surface area contributed by atoms with Gasteiger partial charge in [0.2, 0.25) is 5.91 Å². The number of rotatable bonds is 4. The van der Waals surface area contributed by atoms with E-state index >= 15 is 0 Å². The quantitative estimate of drug-likeness (QED) is 0.753. The number of amides is 1. The van der Waals surface area contributed by atoms with Crippen LogP contribution in [0.4, 0.5) is 27.6 Å². The second-order valence-electron chi connectivity index (χ2n) is 6.51. The third kappa shape index (κ3) is 3.67.